The smallest absolute Gasteiger partial charge is 0.258 e. The molecule has 0 aliphatic rings. The van der Waals surface area contributed by atoms with Crippen LogP contribution in [0.15, 0.2) is 23.4 Å². The Hall–Kier alpha value is -1.02. The van der Waals surface area contributed by atoms with Crippen molar-refractivity contribution in [2.75, 3.05) is 20.1 Å². The molecule has 0 spiro atoms. The maximum atomic E-state index is 12.0. The van der Waals surface area contributed by atoms with Crippen molar-refractivity contribution in [3.05, 3.63) is 23.9 Å². The van der Waals surface area contributed by atoms with E-state index in [2.05, 4.69) is 28.5 Å². The zero-order valence-electron chi connectivity index (χ0n) is 11.6. The summed E-state index contributed by atoms with van der Waals surface area (Å²) in [5, 5.41) is 0.0249. The van der Waals surface area contributed by atoms with Gasteiger partial charge in [0.15, 0.2) is 5.03 Å². The van der Waals surface area contributed by atoms with E-state index in [9.17, 15) is 8.42 Å². The molecule has 1 heterocycles. The Morgan fingerprint density at radius 1 is 1.42 bits per heavy atom. The van der Waals surface area contributed by atoms with Crippen molar-refractivity contribution in [3.63, 3.8) is 0 Å². The molecule has 1 aromatic heterocycles. The molecular formula is C12H22N4O2S. The van der Waals surface area contributed by atoms with Crippen LogP contribution in [0.5, 0.6) is 0 Å². The van der Waals surface area contributed by atoms with Gasteiger partial charge in [-0.05, 0) is 32.5 Å². The van der Waals surface area contributed by atoms with E-state index in [1.165, 1.54) is 12.3 Å². The first-order valence-electron chi connectivity index (χ1n) is 6.21. The molecule has 0 unspecified atom stereocenters. The van der Waals surface area contributed by atoms with Gasteiger partial charge in [0.25, 0.3) is 10.0 Å². The Morgan fingerprint density at radius 3 is 2.58 bits per heavy atom. The SMILES string of the molecule is CC(C)N(C)CCNS(=O)(=O)c1ccc(CN)cn1. The molecule has 0 amide bonds. The molecule has 0 bridgehead atoms. The molecular weight excluding hydrogens is 264 g/mol. The van der Waals surface area contributed by atoms with Crippen LogP contribution in [0.4, 0.5) is 0 Å². The second-order valence-corrected chi connectivity index (χ2v) is 6.39. The van der Waals surface area contributed by atoms with E-state index in [0.717, 1.165) is 5.56 Å². The first-order chi connectivity index (χ1) is 8.86. The predicted octanol–water partition coefficient (Wildman–Crippen LogP) is 0.159. The third-order valence-electron chi connectivity index (χ3n) is 2.95. The van der Waals surface area contributed by atoms with Crippen LogP contribution in [0.25, 0.3) is 0 Å². The molecule has 0 radical (unpaired) electrons. The summed E-state index contributed by atoms with van der Waals surface area (Å²) in [5.41, 5.74) is 6.24. The lowest BCUT2D eigenvalue weighted by molar-refractivity contribution is 0.278. The normalized spacial score (nSPS) is 12.3. The summed E-state index contributed by atoms with van der Waals surface area (Å²) in [5.74, 6) is 0. The van der Waals surface area contributed by atoms with Crippen LogP contribution in [0.1, 0.15) is 19.4 Å². The summed E-state index contributed by atoms with van der Waals surface area (Å²) in [4.78, 5) is 5.97. The number of nitrogens with one attached hydrogen (secondary N) is 1. The number of nitrogens with zero attached hydrogens (tertiary/aromatic N) is 2. The molecule has 0 aliphatic heterocycles. The van der Waals surface area contributed by atoms with Gasteiger partial charge < -0.3 is 10.6 Å². The molecule has 19 heavy (non-hydrogen) atoms. The zero-order chi connectivity index (χ0) is 14.5. The van der Waals surface area contributed by atoms with Gasteiger partial charge >= 0.3 is 0 Å². The Morgan fingerprint density at radius 2 is 2.11 bits per heavy atom. The van der Waals surface area contributed by atoms with Crippen LogP contribution in [-0.4, -0.2) is 44.5 Å². The fraction of sp³-hybridized carbons (Fsp3) is 0.583. The monoisotopic (exact) mass is 286 g/mol. The van der Waals surface area contributed by atoms with Crippen LogP contribution in [0.3, 0.4) is 0 Å². The fourth-order valence-electron chi connectivity index (χ4n) is 1.38. The van der Waals surface area contributed by atoms with Gasteiger partial charge in [-0.2, -0.15) is 0 Å². The quantitative estimate of drug-likeness (QED) is 0.745. The van der Waals surface area contributed by atoms with E-state index in [1.807, 2.05) is 7.05 Å². The van der Waals surface area contributed by atoms with E-state index in [1.54, 1.807) is 6.07 Å². The molecule has 6 nitrogen and oxygen atoms in total. The highest BCUT2D eigenvalue weighted by Crippen LogP contribution is 2.06. The second kappa shape index (κ2) is 6.95. The van der Waals surface area contributed by atoms with Crippen molar-refractivity contribution in [1.82, 2.24) is 14.6 Å². The molecule has 0 aromatic carbocycles. The predicted molar refractivity (Wildman–Crippen MR) is 75.1 cm³/mol. The third-order valence-corrected chi connectivity index (χ3v) is 4.32. The molecule has 108 valence electrons. The molecule has 0 saturated carbocycles. The molecule has 3 N–H and O–H groups in total. The zero-order valence-corrected chi connectivity index (χ0v) is 12.4. The number of sulfonamides is 1. The second-order valence-electron chi connectivity index (χ2n) is 4.68. The summed E-state index contributed by atoms with van der Waals surface area (Å²) >= 11 is 0. The largest absolute Gasteiger partial charge is 0.326 e. The highest BCUT2D eigenvalue weighted by Gasteiger charge is 2.15. The molecule has 0 atom stereocenters. The van der Waals surface area contributed by atoms with Gasteiger partial charge in [0.2, 0.25) is 0 Å². The van der Waals surface area contributed by atoms with Gasteiger partial charge in [-0.1, -0.05) is 6.07 Å². The average Bonchev–Trinajstić information content (AvgIpc) is 2.38. The van der Waals surface area contributed by atoms with Crippen molar-refractivity contribution in [3.8, 4) is 0 Å². The number of rotatable bonds is 7. The maximum Gasteiger partial charge on any atom is 0.258 e. The molecule has 1 rings (SSSR count). The van der Waals surface area contributed by atoms with E-state index in [-0.39, 0.29) is 5.03 Å². The van der Waals surface area contributed by atoms with E-state index < -0.39 is 10.0 Å². The third kappa shape index (κ3) is 4.87. The van der Waals surface area contributed by atoms with Gasteiger partial charge in [0.1, 0.15) is 0 Å². The molecule has 7 heteroatoms. The Labute approximate surface area is 115 Å². The molecule has 1 aromatic rings. The number of hydrogen-bond donors (Lipinski definition) is 2. The van der Waals surface area contributed by atoms with Gasteiger partial charge in [-0.25, -0.2) is 18.1 Å². The van der Waals surface area contributed by atoms with Crippen LogP contribution >= 0.6 is 0 Å². The van der Waals surface area contributed by atoms with Crippen LogP contribution in [-0.2, 0) is 16.6 Å². The average molecular weight is 286 g/mol. The number of aromatic nitrogens is 1. The Bertz CT molecular complexity index is 485. The summed E-state index contributed by atoms with van der Waals surface area (Å²) in [6, 6.07) is 3.52. The molecule has 0 saturated heterocycles. The maximum absolute atomic E-state index is 12.0. The van der Waals surface area contributed by atoms with Crippen molar-refractivity contribution in [1.29, 1.82) is 0 Å². The van der Waals surface area contributed by atoms with Crippen LogP contribution in [0, 0.1) is 0 Å². The first-order valence-corrected chi connectivity index (χ1v) is 7.70. The van der Waals surface area contributed by atoms with Crippen LogP contribution in [0.2, 0.25) is 0 Å². The highest BCUT2D eigenvalue weighted by molar-refractivity contribution is 7.89. The van der Waals surface area contributed by atoms with Crippen molar-refractivity contribution in [2.24, 2.45) is 5.73 Å². The standard InChI is InChI=1S/C12H22N4O2S/c1-10(2)16(3)7-6-15-19(17,18)12-5-4-11(8-13)9-14-12/h4-5,9-10,15H,6-8,13H2,1-3H3. The van der Waals surface area contributed by atoms with Gasteiger partial charge in [0.05, 0.1) is 0 Å². The van der Waals surface area contributed by atoms with Crippen molar-refractivity contribution < 1.29 is 8.42 Å². The van der Waals surface area contributed by atoms with Gasteiger partial charge in [-0.15, -0.1) is 0 Å². The summed E-state index contributed by atoms with van der Waals surface area (Å²) in [7, 11) is -1.58. The van der Waals surface area contributed by atoms with Crippen molar-refractivity contribution >= 4 is 10.0 Å². The van der Waals surface area contributed by atoms with E-state index in [0.29, 0.717) is 25.7 Å². The minimum atomic E-state index is -3.54. The van der Waals surface area contributed by atoms with Crippen LogP contribution < -0.4 is 10.5 Å². The van der Waals surface area contributed by atoms with E-state index in [4.69, 9.17) is 5.73 Å². The lowest BCUT2D eigenvalue weighted by atomic mass is 10.3. The number of pyridine rings is 1. The first kappa shape index (κ1) is 16.0. The Balaban J connectivity index is 2.60. The topological polar surface area (TPSA) is 88.3 Å². The van der Waals surface area contributed by atoms with Gasteiger partial charge in [0, 0.05) is 31.9 Å². The number of hydrogen-bond acceptors (Lipinski definition) is 5. The van der Waals surface area contributed by atoms with E-state index >= 15 is 0 Å². The summed E-state index contributed by atoms with van der Waals surface area (Å²) in [6.45, 7) is 5.47. The number of nitrogens with two attached hydrogens (primary N) is 1. The minimum absolute atomic E-state index is 0.0249. The molecule has 0 aliphatic carbocycles. The Kier molecular flexibility index (Phi) is 5.86. The van der Waals surface area contributed by atoms with Crippen molar-refractivity contribution in [2.45, 2.75) is 31.5 Å². The minimum Gasteiger partial charge on any atom is -0.326 e. The summed E-state index contributed by atoms with van der Waals surface area (Å²) in [6.07, 6.45) is 1.48. The lowest BCUT2D eigenvalue weighted by Crippen LogP contribution is -2.36. The molecule has 0 fully saturated rings. The summed E-state index contributed by atoms with van der Waals surface area (Å²) < 4.78 is 26.5. The number of likely N-dealkylation sites (N-methyl/N-ethyl adjacent to an activating group) is 1. The fourth-order valence-corrected chi connectivity index (χ4v) is 2.33. The highest BCUT2D eigenvalue weighted by atomic mass is 32.2. The van der Waals surface area contributed by atoms with Gasteiger partial charge in [-0.3, -0.25) is 0 Å². The lowest BCUT2D eigenvalue weighted by Gasteiger charge is -2.20.